The van der Waals surface area contributed by atoms with Gasteiger partial charge < -0.3 is 18.3 Å². The molecule has 12 heteroatoms. The van der Waals surface area contributed by atoms with E-state index < -0.39 is 0 Å². The maximum Gasteiger partial charge on any atom is 0.164 e. The molecule has 0 N–H and O–H groups in total. The van der Waals surface area contributed by atoms with Gasteiger partial charge in [-0.1, -0.05) is 340 Å². The largest absolute Gasteiger partial charge is 0.309 e. The zero-order valence-corrected chi connectivity index (χ0v) is 77.1. The second-order valence-corrected chi connectivity index (χ2v) is 38.7. The fourth-order valence-electron chi connectivity index (χ4n) is 22.3. The molecule has 30 rings (SSSR count). The Labute approximate surface area is 811 Å². The van der Waals surface area contributed by atoms with Crippen LogP contribution in [0.4, 0.5) is 0 Å². The Kier molecular flexibility index (Phi) is 18.1. The van der Waals surface area contributed by atoms with Gasteiger partial charge >= 0.3 is 0 Å². The fourth-order valence-corrected chi connectivity index (χ4v) is 25.1. The molecule has 0 bridgehead atoms. The van der Waals surface area contributed by atoms with Crippen LogP contribution in [0.2, 0.25) is 0 Å². The third-order valence-electron chi connectivity index (χ3n) is 28.8. The standard InChI is InChI=1S/2C64H39N5S/c2*1-4-15-39(16-5-1)62-65-63(40-17-6-2-7-18-40)67-64(66-62)44-28-27-41-35-42-29-31-46(38-54(42)53(41)37-44)68-56-25-12-11-22-49(56)55-36-43(30-34-58(55)68)47-23-14-24-51-52-33-32-50-48-21-10-13-26-57(48)69(45-19-8-3-9-20-45)59(50)61(52)70-60(47)51/h2*1-34,36-38H,35H2. The van der Waals surface area contributed by atoms with Crippen molar-refractivity contribution in [3.05, 3.63) is 471 Å². The molecular weight excluding hydrogens is 1740 g/mol. The van der Waals surface area contributed by atoms with Crippen LogP contribution in [0.1, 0.15) is 22.3 Å². The lowest BCUT2D eigenvalue weighted by Crippen LogP contribution is -2.00. The summed E-state index contributed by atoms with van der Waals surface area (Å²) in [7, 11) is 0. The summed E-state index contributed by atoms with van der Waals surface area (Å²) in [6.07, 6.45) is 1.76. The smallest absolute Gasteiger partial charge is 0.164 e. The third kappa shape index (κ3) is 12.7. The van der Waals surface area contributed by atoms with E-state index in [0.717, 1.165) is 57.6 Å². The van der Waals surface area contributed by atoms with E-state index in [1.807, 2.05) is 95.5 Å². The van der Waals surface area contributed by atoms with Crippen molar-refractivity contribution in [3.63, 3.8) is 0 Å². The molecule has 0 saturated heterocycles. The molecule has 28 aromatic rings. The van der Waals surface area contributed by atoms with E-state index in [9.17, 15) is 0 Å². The molecule has 0 atom stereocenters. The summed E-state index contributed by atoms with van der Waals surface area (Å²) in [6, 6.07) is 162. The predicted molar refractivity (Wildman–Crippen MR) is 583 cm³/mol. The Morgan fingerprint density at radius 3 is 0.793 bits per heavy atom. The maximum absolute atomic E-state index is 5.07. The van der Waals surface area contributed by atoms with Gasteiger partial charge in [0.25, 0.3) is 0 Å². The number of thiophene rings is 2. The molecular formula is C128H78N10S2. The van der Waals surface area contributed by atoms with E-state index in [2.05, 4.69) is 394 Å². The van der Waals surface area contributed by atoms with Crippen LogP contribution >= 0.6 is 22.7 Å². The first-order chi connectivity index (χ1) is 69.4. The highest BCUT2D eigenvalue weighted by atomic mass is 32.1. The number of aromatic nitrogens is 10. The molecule has 8 heterocycles. The van der Waals surface area contributed by atoms with Crippen LogP contribution in [-0.4, -0.2) is 48.2 Å². The Bertz CT molecular complexity index is 9320. The van der Waals surface area contributed by atoms with Gasteiger partial charge in [-0.2, -0.15) is 0 Å². The highest BCUT2D eigenvalue weighted by Crippen LogP contribution is 2.52. The molecule has 652 valence electrons. The third-order valence-corrected chi connectivity index (χ3v) is 31.3. The van der Waals surface area contributed by atoms with E-state index in [4.69, 9.17) is 29.9 Å². The summed E-state index contributed by atoms with van der Waals surface area (Å²) >= 11 is 3.83. The normalized spacial score (nSPS) is 12.2. The average Bonchev–Trinajstić information content (AvgIpc) is 1.94. The van der Waals surface area contributed by atoms with Crippen molar-refractivity contribution >= 4 is 150 Å². The average molecular weight is 1820 g/mol. The topological polar surface area (TPSA) is 97.1 Å². The zero-order valence-electron chi connectivity index (χ0n) is 75.4. The number of fused-ring (bicyclic) bond motifs is 26. The second-order valence-electron chi connectivity index (χ2n) is 36.6. The van der Waals surface area contributed by atoms with Gasteiger partial charge in [0.2, 0.25) is 0 Å². The molecule has 0 radical (unpaired) electrons. The fraction of sp³-hybridized carbons (Fsp3) is 0.0156. The lowest BCUT2D eigenvalue weighted by Gasteiger charge is -2.12. The predicted octanol–water partition coefficient (Wildman–Crippen LogP) is 33.3. The summed E-state index contributed by atoms with van der Waals surface area (Å²) in [5.74, 6) is 3.96. The van der Waals surface area contributed by atoms with Gasteiger partial charge in [-0.15, -0.1) is 22.7 Å². The number of rotatable bonds is 12. The monoisotopic (exact) mass is 1820 g/mol. The molecule has 2 aliphatic rings. The van der Waals surface area contributed by atoms with Crippen molar-refractivity contribution in [2.45, 2.75) is 12.8 Å². The minimum Gasteiger partial charge on any atom is -0.309 e. The second kappa shape index (κ2) is 31.9. The molecule has 0 aliphatic heterocycles. The van der Waals surface area contributed by atoms with Crippen LogP contribution in [0.3, 0.4) is 0 Å². The minimum atomic E-state index is 0.660. The van der Waals surface area contributed by atoms with Gasteiger partial charge in [-0.05, 0) is 189 Å². The van der Waals surface area contributed by atoms with E-state index >= 15 is 0 Å². The number of benzene rings is 20. The van der Waals surface area contributed by atoms with Crippen molar-refractivity contribution in [3.8, 4) is 136 Å². The number of hydrogen-bond acceptors (Lipinski definition) is 8. The lowest BCUT2D eigenvalue weighted by molar-refractivity contribution is 1.07. The van der Waals surface area contributed by atoms with Gasteiger partial charge in [0.1, 0.15) is 0 Å². The van der Waals surface area contributed by atoms with Crippen molar-refractivity contribution in [2.24, 2.45) is 0 Å². The Morgan fingerprint density at radius 2 is 0.429 bits per heavy atom. The van der Waals surface area contributed by atoms with Crippen LogP contribution in [0.15, 0.2) is 449 Å². The molecule has 0 spiro atoms. The van der Waals surface area contributed by atoms with E-state index in [1.165, 1.54) is 206 Å². The van der Waals surface area contributed by atoms with Crippen LogP contribution in [0, 0.1) is 0 Å². The van der Waals surface area contributed by atoms with Gasteiger partial charge in [-0.3, -0.25) is 0 Å². The lowest BCUT2D eigenvalue weighted by atomic mass is 10.00. The Morgan fingerprint density at radius 1 is 0.157 bits per heavy atom. The molecule has 0 unspecified atom stereocenters. The Hall–Kier alpha value is -17.9. The summed E-state index contributed by atoms with van der Waals surface area (Å²) in [5, 5.41) is 15.2. The van der Waals surface area contributed by atoms with Crippen LogP contribution in [-0.2, 0) is 12.8 Å². The number of nitrogens with zero attached hydrogens (tertiary/aromatic N) is 10. The van der Waals surface area contributed by atoms with Crippen LogP contribution < -0.4 is 0 Å². The van der Waals surface area contributed by atoms with Gasteiger partial charge in [0.05, 0.1) is 53.5 Å². The quantitative estimate of drug-likeness (QED) is 0.121. The first kappa shape index (κ1) is 79.4. The molecule has 0 saturated carbocycles. The van der Waals surface area contributed by atoms with Crippen LogP contribution in [0.25, 0.3) is 263 Å². The SMILES string of the molecule is c1ccc(-c2nc(-c3ccccc3)nc(-c3ccc4c(c3)-c3cc(-n5c6ccccc6c6cc(-c7cccc8c7sc7c8ccc8c9ccccc9n(-c9ccccc9)c87)ccc65)ccc3C4)n2)cc1.c1ccc(-c2nc(-c3ccccc3)nc(-c3ccc4c(c3)-c3cc(-n5c6ccccc6c6cc(-c7cccc8c7sc7c8ccc8c9ccccc9n(-c9ccccc9)c87)ccc65)ccc3C4)n2)cc1. The molecule has 8 aromatic heterocycles. The maximum atomic E-state index is 5.07. The van der Waals surface area contributed by atoms with E-state index in [1.54, 1.807) is 0 Å². The highest BCUT2D eigenvalue weighted by Gasteiger charge is 2.29. The summed E-state index contributed by atoms with van der Waals surface area (Å²) in [5.41, 5.74) is 35.2. The number of para-hydroxylation sites is 6. The van der Waals surface area contributed by atoms with Crippen LogP contribution in [0.5, 0.6) is 0 Å². The van der Waals surface area contributed by atoms with Crippen molar-refractivity contribution in [2.75, 3.05) is 0 Å². The van der Waals surface area contributed by atoms with Gasteiger partial charge in [-0.25, -0.2) is 29.9 Å². The molecule has 140 heavy (non-hydrogen) atoms. The first-order valence-corrected chi connectivity index (χ1v) is 49.2. The van der Waals surface area contributed by atoms with Crippen molar-refractivity contribution in [1.29, 1.82) is 0 Å². The minimum absolute atomic E-state index is 0.660. The molecule has 0 amide bonds. The molecule has 10 nitrogen and oxygen atoms in total. The van der Waals surface area contributed by atoms with Crippen molar-refractivity contribution < 1.29 is 0 Å². The zero-order chi connectivity index (χ0) is 91.7. The summed E-state index contributed by atoms with van der Waals surface area (Å²) < 4.78 is 15.0. The van der Waals surface area contributed by atoms with Gasteiger partial charge in [0.15, 0.2) is 34.9 Å². The summed E-state index contributed by atoms with van der Waals surface area (Å²) in [6.45, 7) is 0. The number of hydrogen-bond donors (Lipinski definition) is 0. The molecule has 0 fully saturated rings. The molecule has 2 aliphatic carbocycles. The van der Waals surface area contributed by atoms with E-state index in [-0.39, 0.29) is 0 Å². The highest BCUT2D eigenvalue weighted by molar-refractivity contribution is 7.27. The van der Waals surface area contributed by atoms with Gasteiger partial charge in [0, 0.05) is 130 Å². The Balaban J connectivity index is 0.000000134. The molecule has 20 aromatic carbocycles. The van der Waals surface area contributed by atoms with Crippen molar-refractivity contribution in [1.82, 2.24) is 48.2 Å². The first-order valence-electron chi connectivity index (χ1n) is 47.6. The van der Waals surface area contributed by atoms with E-state index in [0.29, 0.717) is 34.9 Å². The summed E-state index contributed by atoms with van der Waals surface area (Å²) in [4.78, 5) is 30.2.